The molecule has 108 valence electrons. The molecule has 0 atom stereocenters. The molecule has 1 heterocycles. The molecule has 1 aliphatic heterocycles. The molecule has 4 nitrogen and oxygen atoms in total. The summed E-state index contributed by atoms with van der Waals surface area (Å²) < 4.78 is 5.74. The van der Waals surface area contributed by atoms with E-state index in [0.717, 1.165) is 18.7 Å². The van der Waals surface area contributed by atoms with Crippen molar-refractivity contribution in [1.29, 1.82) is 0 Å². The predicted octanol–water partition coefficient (Wildman–Crippen LogP) is 1.98. The number of hydrogen-bond donors (Lipinski definition) is 2. The van der Waals surface area contributed by atoms with E-state index in [9.17, 15) is 4.79 Å². The monoisotopic (exact) mass is 274 g/mol. The molecule has 0 unspecified atom stereocenters. The van der Waals surface area contributed by atoms with Crippen LogP contribution in [0.5, 0.6) is 0 Å². The molecule has 20 heavy (non-hydrogen) atoms. The fraction of sp³-hybridized carbons (Fsp3) is 0.562. The Labute approximate surface area is 119 Å². The Morgan fingerprint density at radius 3 is 2.90 bits per heavy atom. The lowest BCUT2D eigenvalue weighted by atomic mass is 10.1. The SMILES string of the molecule is O=C(NCCOC1CCCC1)c1ccc2c(c1)CNC2. The standard InChI is InChI=1S/C16H22N2O2/c19-16(18-7-8-20-15-3-1-2-4-15)12-5-6-13-10-17-11-14(13)9-12/h5-6,9,15,17H,1-4,7-8,10-11H2,(H,18,19). The van der Waals surface area contributed by atoms with E-state index in [4.69, 9.17) is 4.74 Å². The maximum atomic E-state index is 12.1. The molecule has 2 N–H and O–H groups in total. The molecular weight excluding hydrogens is 252 g/mol. The van der Waals surface area contributed by atoms with Gasteiger partial charge < -0.3 is 15.4 Å². The van der Waals surface area contributed by atoms with Crippen LogP contribution >= 0.6 is 0 Å². The number of fused-ring (bicyclic) bond motifs is 1. The van der Waals surface area contributed by atoms with E-state index < -0.39 is 0 Å². The van der Waals surface area contributed by atoms with Crippen LogP contribution in [0.4, 0.5) is 0 Å². The van der Waals surface area contributed by atoms with Crippen molar-refractivity contribution < 1.29 is 9.53 Å². The van der Waals surface area contributed by atoms with Gasteiger partial charge in [-0.25, -0.2) is 0 Å². The van der Waals surface area contributed by atoms with E-state index in [0.29, 0.717) is 19.3 Å². The van der Waals surface area contributed by atoms with Crippen LogP contribution in [0, 0.1) is 0 Å². The lowest BCUT2D eigenvalue weighted by molar-refractivity contribution is 0.0582. The number of nitrogens with one attached hydrogen (secondary N) is 2. The molecule has 1 aromatic carbocycles. The summed E-state index contributed by atoms with van der Waals surface area (Å²) in [7, 11) is 0. The van der Waals surface area contributed by atoms with Crippen LogP contribution in [-0.4, -0.2) is 25.2 Å². The minimum absolute atomic E-state index is 0.00489. The molecular formula is C16H22N2O2. The van der Waals surface area contributed by atoms with Crippen LogP contribution in [0.15, 0.2) is 18.2 Å². The summed E-state index contributed by atoms with van der Waals surface area (Å²) in [5.41, 5.74) is 3.28. The summed E-state index contributed by atoms with van der Waals surface area (Å²) >= 11 is 0. The number of carbonyl (C=O) groups is 1. The molecule has 1 saturated carbocycles. The van der Waals surface area contributed by atoms with E-state index in [-0.39, 0.29) is 5.91 Å². The summed E-state index contributed by atoms with van der Waals surface area (Å²) in [6.45, 7) is 2.97. The average Bonchev–Trinajstić information content (AvgIpc) is 3.13. The molecule has 4 heteroatoms. The second-order valence-electron chi connectivity index (χ2n) is 5.62. The zero-order valence-electron chi connectivity index (χ0n) is 11.8. The Bertz CT molecular complexity index is 481. The zero-order chi connectivity index (χ0) is 13.8. The first-order chi connectivity index (χ1) is 9.83. The Balaban J connectivity index is 1.44. The van der Waals surface area contributed by atoms with Crippen molar-refractivity contribution >= 4 is 5.91 Å². The van der Waals surface area contributed by atoms with Crippen molar-refractivity contribution in [2.75, 3.05) is 13.2 Å². The van der Waals surface area contributed by atoms with E-state index in [2.05, 4.69) is 10.6 Å². The molecule has 0 spiro atoms. The highest BCUT2D eigenvalue weighted by molar-refractivity contribution is 5.94. The first-order valence-corrected chi connectivity index (χ1v) is 7.55. The minimum Gasteiger partial charge on any atom is -0.376 e. The van der Waals surface area contributed by atoms with Crippen LogP contribution in [0.2, 0.25) is 0 Å². The van der Waals surface area contributed by atoms with Gasteiger partial charge in [-0.2, -0.15) is 0 Å². The van der Waals surface area contributed by atoms with Gasteiger partial charge in [0, 0.05) is 25.2 Å². The maximum absolute atomic E-state index is 12.1. The van der Waals surface area contributed by atoms with Crippen LogP contribution in [0.3, 0.4) is 0 Å². The first kappa shape index (κ1) is 13.6. The Hall–Kier alpha value is -1.39. The fourth-order valence-corrected chi connectivity index (χ4v) is 2.98. The van der Waals surface area contributed by atoms with E-state index in [1.54, 1.807) is 0 Å². The van der Waals surface area contributed by atoms with Gasteiger partial charge >= 0.3 is 0 Å². The van der Waals surface area contributed by atoms with Gasteiger partial charge in [0.25, 0.3) is 5.91 Å². The van der Waals surface area contributed by atoms with Gasteiger partial charge in [-0.3, -0.25) is 4.79 Å². The molecule has 3 rings (SSSR count). The smallest absolute Gasteiger partial charge is 0.251 e. The second-order valence-corrected chi connectivity index (χ2v) is 5.62. The minimum atomic E-state index is -0.00489. The zero-order valence-corrected chi connectivity index (χ0v) is 11.8. The van der Waals surface area contributed by atoms with Crippen LogP contribution in [0.1, 0.15) is 47.2 Å². The molecule has 0 aromatic heterocycles. The molecule has 1 aromatic rings. The topological polar surface area (TPSA) is 50.4 Å². The second kappa shape index (κ2) is 6.37. The lowest BCUT2D eigenvalue weighted by Gasteiger charge is -2.11. The highest BCUT2D eigenvalue weighted by Crippen LogP contribution is 2.20. The Morgan fingerprint density at radius 1 is 1.25 bits per heavy atom. The Morgan fingerprint density at radius 2 is 2.05 bits per heavy atom. The number of hydrogen-bond acceptors (Lipinski definition) is 3. The van der Waals surface area contributed by atoms with Crippen molar-refractivity contribution in [3.63, 3.8) is 0 Å². The predicted molar refractivity (Wildman–Crippen MR) is 77.5 cm³/mol. The number of carbonyl (C=O) groups excluding carboxylic acids is 1. The molecule has 1 amide bonds. The highest BCUT2D eigenvalue weighted by Gasteiger charge is 2.15. The van der Waals surface area contributed by atoms with Crippen molar-refractivity contribution in [2.45, 2.75) is 44.9 Å². The van der Waals surface area contributed by atoms with Gasteiger partial charge in [0.05, 0.1) is 12.7 Å². The normalized spacial score (nSPS) is 18.2. The van der Waals surface area contributed by atoms with Crippen molar-refractivity contribution in [2.24, 2.45) is 0 Å². The molecule has 0 radical (unpaired) electrons. The summed E-state index contributed by atoms with van der Waals surface area (Å²) in [5, 5.41) is 6.22. The van der Waals surface area contributed by atoms with Gasteiger partial charge in [0.15, 0.2) is 0 Å². The van der Waals surface area contributed by atoms with Gasteiger partial charge in [0.1, 0.15) is 0 Å². The maximum Gasteiger partial charge on any atom is 0.251 e. The number of benzene rings is 1. The van der Waals surface area contributed by atoms with Crippen molar-refractivity contribution in [3.05, 3.63) is 34.9 Å². The summed E-state index contributed by atoms with van der Waals surface area (Å²) in [4.78, 5) is 12.1. The average molecular weight is 274 g/mol. The third-order valence-corrected chi connectivity index (χ3v) is 4.14. The van der Waals surface area contributed by atoms with Gasteiger partial charge in [-0.15, -0.1) is 0 Å². The molecule has 0 bridgehead atoms. The lowest BCUT2D eigenvalue weighted by Crippen LogP contribution is -2.28. The molecule has 0 saturated heterocycles. The largest absolute Gasteiger partial charge is 0.376 e. The van der Waals surface area contributed by atoms with Crippen LogP contribution in [0.25, 0.3) is 0 Å². The summed E-state index contributed by atoms with van der Waals surface area (Å²) in [6, 6.07) is 5.93. The fourth-order valence-electron chi connectivity index (χ4n) is 2.98. The summed E-state index contributed by atoms with van der Waals surface area (Å²) in [6.07, 6.45) is 5.32. The highest BCUT2D eigenvalue weighted by atomic mass is 16.5. The van der Waals surface area contributed by atoms with E-state index >= 15 is 0 Å². The van der Waals surface area contributed by atoms with Gasteiger partial charge in [-0.05, 0) is 36.1 Å². The van der Waals surface area contributed by atoms with E-state index in [1.165, 1.54) is 36.8 Å². The van der Waals surface area contributed by atoms with Crippen LogP contribution < -0.4 is 10.6 Å². The first-order valence-electron chi connectivity index (χ1n) is 7.55. The van der Waals surface area contributed by atoms with E-state index in [1.807, 2.05) is 18.2 Å². The molecule has 1 fully saturated rings. The van der Waals surface area contributed by atoms with Gasteiger partial charge in [-0.1, -0.05) is 18.9 Å². The van der Waals surface area contributed by atoms with Crippen molar-refractivity contribution in [1.82, 2.24) is 10.6 Å². The van der Waals surface area contributed by atoms with Gasteiger partial charge in [0.2, 0.25) is 0 Å². The molecule has 2 aliphatic rings. The molecule has 1 aliphatic carbocycles. The summed E-state index contributed by atoms with van der Waals surface area (Å²) in [5.74, 6) is -0.00489. The van der Waals surface area contributed by atoms with Crippen molar-refractivity contribution in [3.8, 4) is 0 Å². The number of rotatable bonds is 5. The number of ether oxygens (including phenoxy) is 1. The Kier molecular flexibility index (Phi) is 4.33. The third-order valence-electron chi connectivity index (χ3n) is 4.14. The number of amides is 1. The quantitative estimate of drug-likeness (QED) is 0.807. The third kappa shape index (κ3) is 3.19. The van der Waals surface area contributed by atoms with Crippen LogP contribution in [-0.2, 0) is 17.8 Å².